The van der Waals surface area contributed by atoms with E-state index in [1.807, 2.05) is 13.0 Å². The van der Waals surface area contributed by atoms with Crippen molar-refractivity contribution in [2.75, 3.05) is 0 Å². The van der Waals surface area contributed by atoms with Crippen molar-refractivity contribution in [2.45, 2.75) is 33.6 Å². The van der Waals surface area contributed by atoms with Gasteiger partial charge in [-0.3, -0.25) is 4.79 Å². The van der Waals surface area contributed by atoms with Gasteiger partial charge in [-0.05, 0) is 26.3 Å². The Labute approximate surface area is 74.2 Å². The zero-order valence-electron chi connectivity index (χ0n) is 8.05. The first kappa shape index (κ1) is 9.24. The van der Waals surface area contributed by atoms with Gasteiger partial charge in [0, 0.05) is 11.8 Å². The van der Waals surface area contributed by atoms with Crippen molar-refractivity contribution < 1.29 is 4.79 Å². The van der Waals surface area contributed by atoms with Gasteiger partial charge in [-0.15, -0.1) is 0 Å². The maximum Gasteiger partial charge on any atom is 0.155 e. The number of carbonyl (C=O) groups is 1. The molecule has 0 saturated heterocycles. The van der Waals surface area contributed by atoms with Gasteiger partial charge in [-0.2, -0.15) is 0 Å². The fraction of sp³-hybridized carbons (Fsp3) is 0.545. The Morgan fingerprint density at radius 2 is 2.33 bits per heavy atom. The highest BCUT2D eigenvalue weighted by Gasteiger charge is 2.26. The van der Waals surface area contributed by atoms with Crippen LogP contribution in [0.1, 0.15) is 33.6 Å². The van der Waals surface area contributed by atoms with Crippen LogP contribution in [0.25, 0.3) is 0 Å². The maximum absolute atomic E-state index is 11.0. The number of hydrogen-bond acceptors (Lipinski definition) is 1. The standard InChI is InChI=1S/C11H16O/c1-4-9(2)11(3)7-5-10(12)6-8-11/h4-5,7H,6,8H2,1-3H3/b9-4+/t11-/m0/s1. The van der Waals surface area contributed by atoms with Gasteiger partial charge in [0.1, 0.15) is 0 Å². The molecule has 1 aliphatic rings. The third kappa shape index (κ3) is 1.66. The Morgan fingerprint density at radius 1 is 1.67 bits per heavy atom. The Kier molecular flexibility index (Phi) is 2.51. The zero-order valence-corrected chi connectivity index (χ0v) is 8.05. The van der Waals surface area contributed by atoms with Crippen LogP contribution < -0.4 is 0 Å². The van der Waals surface area contributed by atoms with Crippen LogP contribution >= 0.6 is 0 Å². The van der Waals surface area contributed by atoms with Crippen molar-refractivity contribution in [3.8, 4) is 0 Å². The predicted molar refractivity (Wildman–Crippen MR) is 50.9 cm³/mol. The molecule has 1 aliphatic carbocycles. The van der Waals surface area contributed by atoms with Gasteiger partial charge in [0.05, 0.1) is 0 Å². The second-order valence-electron chi connectivity index (χ2n) is 3.69. The van der Waals surface area contributed by atoms with Crippen LogP contribution in [0, 0.1) is 5.41 Å². The molecule has 0 aromatic rings. The molecule has 0 amide bonds. The molecule has 0 heterocycles. The van der Waals surface area contributed by atoms with E-state index in [9.17, 15) is 4.79 Å². The fourth-order valence-corrected chi connectivity index (χ4v) is 1.48. The van der Waals surface area contributed by atoms with E-state index in [1.165, 1.54) is 5.57 Å². The molecule has 1 nitrogen and oxygen atoms in total. The van der Waals surface area contributed by atoms with E-state index < -0.39 is 0 Å². The highest BCUT2D eigenvalue weighted by atomic mass is 16.1. The molecule has 0 aromatic carbocycles. The van der Waals surface area contributed by atoms with Crippen molar-refractivity contribution in [3.63, 3.8) is 0 Å². The lowest BCUT2D eigenvalue weighted by Crippen LogP contribution is -2.20. The Balaban J connectivity index is 2.88. The average molecular weight is 164 g/mol. The summed E-state index contributed by atoms with van der Waals surface area (Å²) in [4.78, 5) is 11.0. The van der Waals surface area contributed by atoms with Crippen LogP contribution in [-0.4, -0.2) is 5.78 Å². The van der Waals surface area contributed by atoms with Crippen molar-refractivity contribution >= 4 is 5.78 Å². The third-order valence-electron chi connectivity index (χ3n) is 2.86. The predicted octanol–water partition coefficient (Wildman–Crippen LogP) is 2.88. The summed E-state index contributed by atoms with van der Waals surface area (Å²) in [6.07, 6.45) is 7.53. The van der Waals surface area contributed by atoms with Crippen molar-refractivity contribution in [1.29, 1.82) is 0 Å². The van der Waals surface area contributed by atoms with E-state index in [-0.39, 0.29) is 11.2 Å². The molecule has 66 valence electrons. The molecule has 0 fully saturated rings. The van der Waals surface area contributed by atoms with Crippen molar-refractivity contribution in [2.24, 2.45) is 5.41 Å². The Hall–Kier alpha value is -0.850. The van der Waals surface area contributed by atoms with E-state index in [0.29, 0.717) is 6.42 Å². The molecule has 0 aliphatic heterocycles. The van der Waals surface area contributed by atoms with Crippen LogP contribution in [0.4, 0.5) is 0 Å². The SMILES string of the molecule is C/C=C(\C)[C@@]1(C)C=CC(=O)CC1. The quantitative estimate of drug-likeness (QED) is 0.545. The van der Waals surface area contributed by atoms with Gasteiger partial charge in [-0.1, -0.05) is 24.6 Å². The molecule has 1 heteroatoms. The maximum atomic E-state index is 11.0. The van der Waals surface area contributed by atoms with Gasteiger partial charge >= 0.3 is 0 Å². The first-order valence-corrected chi connectivity index (χ1v) is 4.44. The molecule has 0 spiro atoms. The third-order valence-corrected chi connectivity index (χ3v) is 2.86. The van der Waals surface area contributed by atoms with Gasteiger partial charge in [0.2, 0.25) is 0 Å². The topological polar surface area (TPSA) is 17.1 Å². The summed E-state index contributed by atoms with van der Waals surface area (Å²) in [7, 11) is 0. The molecule has 0 radical (unpaired) electrons. The lowest BCUT2D eigenvalue weighted by atomic mass is 9.75. The highest BCUT2D eigenvalue weighted by Crippen LogP contribution is 2.36. The number of hydrogen-bond donors (Lipinski definition) is 0. The van der Waals surface area contributed by atoms with Gasteiger partial charge in [0.25, 0.3) is 0 Å². The van der Waals surface area contributed by atoms with Crippen LogP contribution in [0.15, 0.2) is 23.8 Å². The van der Waals surface area contributed by atoms with Gasteiger partial charge < -0.3 is 0 Å². The molecule has 1 rings (SSSR count). The van der Waals surface area contributed by atoms with Gasteiger partial charge in [-0.25, -0.2) is 0 Å². The van der Waals surface area contributed by atoms with E-state index in [1.54, 1.807) is 6.08 Å². The molecule has 0 unspecified atom stereocenters. The molecule has 1 atom stereocenters. The summed E-state index contributed by atoms with van der Waals surface area (Å²) in [5, 5.41) is 0. The van der Waals surface area contributed by atoms with Crippen molar-refractivity contribution in [1.82, 2.24) is 0 Å². The van der Waals surface area contributed by atoms with E-state index >= 15 is 0 Å². The first-order chi connectivity index (χ1) is 5.58. The number of carbonyl (C=O) groups excluding carboxylic acids is 1. The van der Waals surface area contributed by atoms with Crippen LogP contribution in [0.3, 0.4) is 0 Å². The van der Waals surface area contributed by atoms with Crippen LogP contribution in [0.5, 0.6) is 0 Å². The fourth-order valence-electron chi connectivity index (χ4n) is 1.48. The lowest BCUT2D eigenvalue weighted by Gasteiger charge is -2.29. The monoisotopic (exact) mass is 164 g/mol. The van der Waals surface area contributed by atoms with Crippen LogP contribution in [0.2, 0.25) is 0 Å². The molecular formula is C11H16O. The molecule has 0 N–H and O–H groups in total. The first-order valence-electron chi connectivity index (χ1n) is 4.44. The van der Waals surface area contributed by atoms with Crippen molar-refractivity contribution in [3.05, 3.63) is 23.8 Å². The second-order valence-corrected chi connectivity index (χ2v) is 3.69. The molecule has 12 heavy (non-hydrogen) atoms. The highest BCUT2D eigenvalue weighted by molar-refractivity contribution is 5.90. The smallest absolute Gasteiger partial charge is 0.155 e. The minimum absolute atomic E-state index is 0.128. The number of allylic oxidation sites excluding steroid dienone is 4. The Morgan fingerprint density at radius 3 is 2.75 bits per heavy atom. The van der Waals surface area contributed by atoms with E-state index in [0.717, 1.165) is 6.42 Å². The normalized spacial score (nSPS) is 30.9. The van der Waals surface area contributed by atoms with E-state index in [4.69, 9.17) is 0 Å². The zero-order chi connectivity index (χ0) is 9.19. The summed E-state index contributed by atoms with van der Waals surface area (Å²) in [6, 6.07) is 0. The summed E-state index contributed by atoms with van der Waals surface area (Å²) in [5.74, 6) is 0.261. The average Bonchev–Trinajstić information content (AvgIpc) is 2.09. The molecular weight excluding hydrogens is 148 g/mol. The summed E-state index contributed by atoms with van der Waals surface area (Å²) < 4.78 is 0. The molecule has 0 bridgehead atoms. The number of ketones is 1. The second kappa shape index (κ2) is 3.26. The largest absolute Gasteiger partial charge is 0.295 e. The molecule has 0 aromatic heterocycles. The molecule has 0 saturated carbocycles. The lowest BCUT2D eigenvalue weighted by molar-refractivity contribution is -0.115. The summed E-state index contributed by atoms with van der Waals surface area (Å²) in [5.41, 5.74) is 1.48. The van der Waals surface area contributed by atoms with Crippen LogP contribution in [-0.2, 0) is 4.79 Å². The van der Waals surface area contributed by atoms with Gasteiger partial charge in [0.15, 0.2) is 5.78 Å². The minimum Gasteiger partial charge on any atom is -0.295 e. The summed E-state index contributed by atoms with van der Waals surface area (Å²) >= 11 is 0. The Bertz CT molecular complexity index is 248. The minimum atomic E-state index is 0.128. The number of rotatable bonds is 1. The summed E-state index contributed by atoms with van der Waals surface area (Å²) in [6.45, 7) is 6.36. The van der Waals surface area contributed by atoms with E-state index in [2.05, 4.69) is 19.9 Å².